The molecule has 1 aliphatic heterocycles. The van der Waals surface area contributed by atoms with Gasteiger partial charge in [0, 0.05) is 49.2 Å². The second kappa shape index (κ2) is 7.61. The molecule has 154 valence electrons. The monoisotopic (exact) mass is 402 g/mol. The fourth-order valence-corrected chi connectivity index (χ4v) is 4.15. The Labute approximate surface area is 175 Å². The Kier molecular flexibility index (Phi) is 4.79. The summed E-state index contributed by atoms with van der Waals surface area (Å²) < 4.78 is 7.67. The third kappa shape index (κ3) is 3.48. The number of hydrogen-bond acceptors (Lipinski definition) is 5. The molecule has 1 saturated heterocycles. The van der Waals surface area contributed by atoms with Crippen LogP contribution < -0.4 is 10.5 Å². The molecule has 1 aliphatic rings. The third-order valence-corrected chi connectivity index (χ3v) is 6.01. The average Bonchev–Trinajstić information content (AvgIpc) is 3.05. The number of nitrogens with zero attached hydrogens (tertiary/aromatic N) is 4. The number of likely N-dealkylation sites (N-methyl/N-ethyl adjacent to an activating group) is 1. The van der Waals surface area contributed by atoms with Crippen LogP contribution in [0.3, 0.4) is 0 Å². The summed E-state index contributed by atoms with van der Waals surface area (Å²) in [6, 6.07) is 12.2. The Hall–Kier alpha value is -3.12. The van der Waals surface area contributed by atoms with Gasteiger partial charge in [-0.25, -0.2) is 9.78 Å². The van der Waals surface area contributed by atoms with Gasteiger partial charge in [-0.2, -0.15) is 0 Å². The van der Waals surface area contributed by atoms with Gasteiger partial charge in [-0.3, -0.25) is 0 Å². The Morgan fingerprint density at radius 3 is 2.83 bits per heavy atom. The quantitative estimate of drug-likeness (QED) is 0.488. The van der Waals surface area contributed by atoms with Crippen LogP contribution in [-0.2, 0) is 6.42 Å². The number of aromatic nitrogens is 2. The minimum absolute atomic E-state index is 0.352. The molecule has 1 fully saturated rings. The molecule has 0 N–H and O–H groups in total. The molecule has 0 bridgehead atoms. The van der Waals surface area contributed by atoms with E-state index in [1.807, 2.05) is 35.0 Å². The summed E-state index contributed by atoms with van der Waals surface area (Å²) in [4.78, 5) is 22.2. The molecule has 6 heteroatoms. The molecule has 1 aromatic carbocycles. The van der Waals surface area contributed by atoms with Crippen molar-refractivity contribution in [3.63, 3.8) is 0 Å². The first kappa shape index (κ1) is 18.9. The Balaban J connectivity index is 1.52. The van der Waals surface area contributed by atoms with Gasteiger partial charge in [0.1, 0.15) is 11.2 Å². The van der Waals surface area contributed by atoms with Gasteiger partial charge >= 0.3 is 5.63 Å². The topological polar surface area (TPSA) is 54.0 Å². The lowest BCUT2D eigenvalue weighted by Gasteiger charge is -2.22. The average molecular weight is 402 g/mol. The first-order valence-electron chi connectivity index (χ1n) is 10.6. The molecule has 4 aromatic rings. The zero-order valence-corrected chi connectivity index (χ0v) is 17.5. The van der Waals surface area contributed by atoms with Gasteiger partial charge < -0.3 is 18.6 Å². The van der Waals surface area contributed by atoms with E-state index in [1.165, 1.54) is 5.56 Å². The Morgan fingerprint density at radius 1 is 1.07 bits per heavy atom. The van der Waals surface area contributed by atoms with Crippen molar-refractivity contribution in [2.24, 2.45) is 0 Å². The number of pyridine rings is 1. The van der Waals surface area contributed by atoms with Crippen LogP contribution in [0.4, 0.5) is 5.69 Å². The van der Waals surface area contributed by atoms with E-state index in [1.54, 1.807) is 0 Å². The SMILES string of the molecule is CCc1ccn2cc(-c3cc4ccc(N5CCCN(C)CC5)cc4oc3=O)nc2c1. The number of rotatable bonds is 3. The second-order valence-corrected chi connectivity index (χ2v) is 8.09. The number of fused-ring (bicyclic) bond motifs is 2. The largest absolute Gasteiger partial charge is 0.422 e. The van der Waals surface area contributed by atoms with Gasteiger partial charge in [0.2, 0.25) is 0 Å². The number of anilines is 1. The second-order valence-electron chi connectivity index (χ2n) is 8.09. The third-order valence-electron chi connectivity index (χ3n) is 6.01. The fraction of sp³-hybridized carbons (Fsp3) is 0.333. The molecule has 0 radical (unpaired) electrons. The van der Waals surface area contributed by atoms with Crippen molar-refractivity contribution in [3.8, 4) is 11.3 Å². The zero-order valence-electron chi connectivity index (χ0n) is 17.5. The Morgan fingerprint density at radius 2 is 1.97 bits per heavy atom. The molecular weight excluding hydrogens is 376 g/mol. The number of imidazole rings is 1. The van der Waals surface area contributed by atoms with Crippen molar-refractivity contribution in [2.45, 2.75) is 19.8 Å². The highest BCUT2D eigenvalue weighted by Gasteiger charge is 2.15. The molecule has 5 rings (SSSR count). The fourth-order valence-electron chi connectivity index (χ4n) is 4.15. The highest BCUT2D eigenvalue weighted by molar-refractivity contribution is 5.84. The maximum absolute atomic E-state index is 12.8. The van der Waals surface area contributed by atoms with Crippen molar-refractivity contribution >= 4 is 22.3 Å². The molecule has 0 aliphatic carbocycles. The number of aryl methyl sites for hydroxylation is 1. The first-order chi connectivity index (χ1) is 14.6. The van der Waals surface area contributed by atoms with Crippen LogP contribution in [0.25, 0.3) is 27.9 Å². The van der Waals surface area contributed by atoms with E-state index < -0.39 is 0 Å². The predicted molar refractivity (Wildman–Crippen MR) is 120 cm³/mol. The summed E-state index contributed by atoms with van der Waals surface area (Å²) in [7, 11) is 2.16. The smallest absolute Gasteiger partial charge is 0.345 e. The van der Waals surface area contributed by atoms with E-state index in [-0.39, 0.29) is 5.63 Å². The van der Waals surface area contributed by atoms with Crippen LogP contribution in [0.1, 0.15) is 18.9 Å². The Bertz CT molecular complexity index is 1270. The lowest BCUT2D eigenvalue weighted by atomic mass is 10.1. The van der Waals surface area contributed by atoms with Gasteiger partial charge in [0.25, 0.3) is 0 Å². The van der Waals surface area contributed by atoms with E-state index in [9.17, 15) is 4.79 Å². The van der Waals surface area contributed by atoms with Gasteiger partial charge in [0.15, 0.2) is 0 Å². The standard InChI is InChI=1S/C24H26N4O2/c1-3-17-7-10-28-16-21(25-23(28)13-17)20-14-18-5-6-19(15-22(18)30-24(20)29)27-9-4-8-26(2)11-12-27/h5-7,10,13-16H,3-4,8-9,11-12H2,1-2H3. The molecule has 4 heterocycles. The van der Waals surface area contributed by atoms with Crippen LogP contribution >= 0.6 is 0 Å². The molecule has 3 aromatic heterocycles. The zero-order chi connectivity index (χ0) is 20.7. The molecule has 0 atom stereocenters. The van der Waals surface area contributed by atoms with Crippen LogP contribution in [0, 0.1) is 0 Å². The van der Waals surface area contributed by atoms with Gasteiger partial charge in [0.05, 0.1) is 11.3 Å². The maximum atomic E-state index is 12.8. The van der Waals surface area contributed by atoms with Crippen molar-refractivity contribution in [2.75, 3.05) is 38.1 Å². The summed E-state index contributed by atoms with van der Waals surface area (Å²) in [6.45, 7) is 6.26. The molecule has 0 saturated carbocycles. The summed E-state index contributed by atoms with van der Waals surface area (Å²) in [5.41, 5.74) is 4.56. The van der Waals surface area contributed by atoms with E-state index in [4.69, 9.17) is 4.42 Å². The van der Waals surface area contributed by atoms with Gasteiger partial charge in [-0.1, -0.05) is 6.92 Å². The lowest BCUT2D eigenvalue weighted by molar-refractivity contribution is 0.360. The van der Waals surface area contributed by atoms with E-state index in [2.05, 4.69) is 47.0 Å². The predicted octanol–water partition coefficient (Wildman–Crippen LogP) is 3.81. The molecular formula is C24H26N4O2. The van der Waals surface area contributed by atoms with Crippen molar-refractivity contribution in [1.82, 2.24) is 14.3 Å². The van der Waals surface area contributed by atoms with Crippen LogP contribution in [0.15, 0.2) is 58.0 Å². The highest BCUT2D eigenvalue weighted by atomic mass is 16.4. The molecule has 0 unspecified atom stereocenters. The summed E-state index contributed by atoms with van der Waals surface area (Å²) in [5, 5.41) is 0.909. The van der Waals surface area contributed by atoms with Crippen molar-refractivity contribution in [1.29, 1.82) is 0 Å². The molecule has 0 amide bonds. The molecule has 6 nitrogen and oxygen atoms in total. The summed E-state index contributed by atoms with van der Waals surface area (Å²) >= 11 is 0. The van der Waals surface area contributed by atoms with Crippen LogP contribution in [0.2, 0.25) is 0 Å². The van der Waals surface area contributed by atoms with Gasteiger partial charge in [-0.15, -0.1) is 0 Å². The van der Waals surface area contributed by atoms with E-state index in [0.29, 0.717) is 16.8 Å². The summed E-state index contributed by atoms with van der Waals surface area (Å²) in [5.74, 6) is 0. The highest BCUT2D eigenvalue weighted by Crippen LogP contribution is 2.26. The minimum Gasteiger partial charge on any atom is -0.422 e. The lowest BCUT2D eigenvalue weighted by Crippen LogP contribution is -2.28. The maximum Gasteiger partial charge on any atom is 0.345 e. The molecule has 0 spiro atoms. The molecule has 30 heavy (non-hydrogen) atoms. The van der Waals surface area contributed by atoms with Crippen molar-refractivity contribution < 1.29 is 4.42 Å². The van der Waals surface area contributed by atoms with Gasteiger partial charge in [-0.05, 0) is 62.3 Å². The van der Waals surface area contributed by atoms with Crippen molar-refractivity contribution in [3.05, 3.63) is 64.8 Å². The first-order valence-corrected chi connectivity index (χ1v) is 10.6. The van der Waals surface area contributed by atoms with Crippen LogP contribution in [0.5, 0.6) is 0 Å². The normalized spacial score (nSPS) is 15.7. The summed E-state index contributed by atoms with van der Waals surface area (Å²) in [6.07, 6.45) is 5.95. The number of benzene rings is 1. The van der Waals surface area contributed by atoms with E-state index in [0.717, 1.165) is 55.7 Å². The number of hydrogen-bond donors (Lipinski definition) is 0. The van der Waals surface area contributed by atoms with E-state index >= 15 is 0 Å². The van der Waals surface area contributed by atoms with Crippen LogP contribution in [-0.4, -0.2) is 47.5 Å². The minimum atomic E-state index is -0.352.